The third-order valence-electron chi connectivity index (χ3n) is 11.3. The molecule has 42 heavy (non-hydrogen) atoms. The summed E-state index contributed by atoms with van der Waals surface area (Å²) in [6.45, 7) is 11.7. The zero-order valence-corrected chi connectivity index (χ0v) is 31.5. The molecule has 1 radical (unpaired) electrons. The Morgan fingerprint density at radius 1 is 1.21 bits per heavy atom. The number of likely N-dealkylation sites (N-methyl/N-ethyl adjacent to an activating group) is 1. The van der Waals surface area contributed by atoms with Crippen molar-refractivity contribution in [2.75, 3.05) is 13.7 Å². The maximum atomic E-state index is 14.4. The molecule has 233 valence electrons. The molecule has 6 N–H and O–H groups in total. The number of carbonyl (C=O) groups is 2. The normalized spacial score (nSPS) is 41.1. The summed E-state index contributed by atoms with van der Waals surface area (Å²) in [5.74, 6) is -4.27. The number of aliphatic hydroxyl groups excluding tert-OH is 3. The Bertz CT molecular complexity index is 1210. The molecule has 2 saturated carbocycles. The molecule has 0 saturated heterocycles. The summed E-state index contributed by atoms with van der Waals surface area (Å²) in [4.78, 5) is 28.5. The van der Waals surface area contributed by atoms with Crippen molar-refractivity contribution in [2.45, 2.75) is 96.9 Å². The van der Waals surface area contributed by atoms with Crippen LogP contribution in [-0.4, -0.2) is 80.5 Å². The third kappa shape index (κ3) is 5.15. The van der Waals surface area contributed by atoms with Gasteiger partial charge in [-0.1, -0.05) is 40.7 Å². The van der Waals surface area contributed by atoms with Gasteiger partial charge in [0.15, 0.2) is 6.10 Å². The van der Waals surface area contributed by atoms with E-state index < -0.39 is 82.6 Å². The Kier molecular flexibility index (Phi) is 10.8. The number of esters is 1. The minimum atomic E-state index is -1.74. The quantitative estimate of drug-likeness (QED) is 0.188. The molecule has 0 spiro atoms. The zero-order chi connectivity index (χ0) is 30.9. The molecule has 0 aromatic carbocycles. The second kappa shape index (κ2) is 12.5. The van der Waals surface area contributed by atoms with Crippen LogP contribution in [0.25, 0.3) is 0 Å². The molecule has 0 aliphatic heterocycles. The van der Waals surface area contributed by atoms with Crippen molar-refractivity contribution in [1.29, 1.82) is 0 Å². The average Bonchev–Trinajstić information content (AvgIpc) is 3.44. The minimum absolute atomic E-state index is 0. The van der Waals surface area contributed by atoms with Crippen molar-refractivity contribution in [3.05, 3.63) is 33.5 Å². The Morgan fingerprint density at radius 3 is 2.36 bits per heavy atom. The second-order valence-electron chi connectivity index (χ2n) is 13.4. The Hall–Kier alpha value is -0.218. The molecule has 1 heterocycles. The Morgan fingerprint density at radius 2 is 1.83 bits per heavy atom. The van der Waals surface area contributed by atoms with Crippen LogP contribution in [0.2, 0.25) is 0 Å². The summed E-state index contributed by atoms with van der Waals surface area (Å²) in [5, 5.41) is 62.4. The van der Waals surface area contributed by atoms with Crippen LogP contribution in [0, 0.1) is 78.6 Å². The van der Waals surface area contributed by atoms with E-state index in [1.165, 1.54) is 11.3 Å². The first-order valence-corrected chi connectivity index (χ1v) is 15.4. The van der Waals surface area contributed by atoms with Crippen LogP contribution in [0.4, 0.5) is 0 Å². The zero-order valence-electron chi connectivity index (χ0n) is 25.9. The SMILES string of the molecule is CNC(c1cccs1)C(O)C(=O)OC1CC2(O)[C@@H](C)C3C(O)(CO)[C@H](C)CC(O)[C@@]3(C)C(=O)[C@H](C)C(=C1C)C2(C)C.[Ac]. The summed E-state index contributed by atoms with van der Waals surface area (Å²) < 4.78 is 5.94. The van der Waals surface area contributed by atoms with Crippen LogP contribution >= 0.6 is 11.3 Å². The van der Waals surface area contributed by atoms with Crippen molar-refractivity contribution in [2.24, 2.45) is 34.5 Å². The number of carbonyl (C=O) groups excluding carboxylic acids is 2. The number of ketones is 1. The van der Waals surface area contributed by atoms with Gasteiger partial charge in [-0.2, -0.15) is 0 Å². The van der Waals surface area contributed by atoms with Gasteiger partial charge in [-0.15, -0.1) is 11.3 Å². The monoisotopic (exact) mass is 820 g/mol. The molecule has 9 nitrogen and oxygen atoms in total. The van der Waals surface area contributed by atoms with Crippen LogP contribution in [0.3, 0.4) is 0 Å². The predicted molar refractivity (Wildman–Crippen MR) is 155 cm³/mol. The Balaban J connectivity index is 0.00000484. The third-order valence-corrected chi connectivity index (χ3v) is 12.3. The maximum Gasteiger partial charge on any atom is 0.337 e. The van der Waals surface area contributed by atoms with Crippen LogP contribution in [0.5, 0.6) is 0 Å². The van der Waals surface area contributed by atoms with Gasteiger partial charge >= 0.3 is 5.97 Å². The number of thiophene rings is 1. The van der Waals surface area contributed by atoms with Crippen molar-refractivity contribution < 1.29 is 83.9 Å². The van der Waals surface area contributed by atoms with E-state index in [9.17, 15) is 35.1 Å². The van der Waals surface area contributed by atoms with E-state index in [0.29, 0.717) is 11.1 Å². The number of nitrogens with one attached hydrogen (secondary N) is 1. The van der Waals surface area contributed by atoms with Gasteiger partial charge in [-0.3, -0.25) is 4.79 Å². The number of aliphatic hydroxyl groups is 5. The van der Waals surface area contributed by atoms with E-state index in [1.807, 2.05) is 31.4 Å². The van der Waals surface area contributed by atoms with Gasteiger partial charge in [0.2, 0.25) is 0 Å². The molecular formula is C31H47AcNO8S. The molecule has 4 rings (SSSR count). The minimum Gasteiger partial charge on any atom is -0.456 e. The summed E-state index contributed by atoms with van der Waals surface area (Å²) >= 11 is 1.40. The largest absolute Gasteiger partial charge is 0.456 e. The van der Waals surface area contributed by atoms with E-state index in [1.54, 1.807) is 41.7 Å². The van der Waals surface area contributed by atoms with Crippen molar-refractivity contribution in [3.8, 4) is 0 Å². The number of hydrogen-bond donors (Lipinski definition) is 6. The molecule has 1 aromatic rings. The molecule has 11 atom stereocenters. The van der Waals surface area contributed by atoms with E-state index >= 15 is 0 Å². The molecule has 3 aliphatic rings. The smallest absolute Gasteiger partial charge is 0.337 e. The van der Waals surface area contributed by atoms with Crippen molar-refractivity contribution in [3.63, 3.8) is 0 Å². The van der Waals surface area contributed by atoms with Crippen LogP contribution < -0.4 is 5.32 Å². The number of hydrogen-bond acceptors (Lipinski definition) is 10. The van der Waals surface area contributed by atoms with Crippen LogP contribution in [0.1, 0.15) is 72.2 Å². The van der Waals surface area contributed by atoms with Crippen molar-refractivity contribution in [1.82, 2.24) is 5.32 Å². The molecular weight excluding hydrogens is 773 g/mol. The van der Waals surface area contributed by atoms with Crippen LogP contribution in [0.15, 0.2) is 28.7 Å². The molecule has 7 unspecified atom stereocenters. The molecule has 2 bridgehead atoms. The fourth-order valence-electron chi connectivity index (χ4n) is 8.84. The Labute approximate surface area is 288 Å². The van der Waals surface area contributed by atoms with Gasteiger partial charge < -0.3 is 35.6 Å². The average molecular weight is 821 g/mol. The van der Waals surface area contributed by atoms with Gasteiger partial charge in [0, 0.05) is 72.6 Å². The summed E-state index contributed by atoms with van der Waals surface area (Å²) in [7, 11) is 1.64. The van der Waals surface area contributed by atoms with E-state index in [0.717, 1.165) is 4.88 Å². The first-order chi connectivity index (χ1) is 18.9. The fraction of sp³-hybridized carbons (Fsp3) is 0.742. The first-order valence-electron chi connectivity index (χ1n) is 14.5. The molecule has 1 aromatic heterocycles. The molecule has 2 fully saturated rings. The number of Topliss-reactive ketones (excluding diaryl/α,β-unsaturated/α-hetero) is 1. The first kappa shape index (κ1) is 36.3. The number of rotatable bonds is 6. The summed E-state index contributed by atoms with van der Waals surface area (Å²) in [5.41, 5.74) is -4.54. The topological polar surface area (TPSA) is 157 Å². The van der Waals surface area contributed by atoms with Gasteiger partial charge in [0.25, 0.3) is 0 Å². The molecule has 0 amide bonds. The van der Waals surface area contributed by atoms with Gasteiger partial charge in [0.05, 0.1) is 35.4 Å². The predicted octanol–water partition coefficient (Wildman–Crippen LogP) is 2.36. The maximum absolute atomic E-state index is 14.4. The van der Waals surface area contributed by atoms with Gasteiger partial charge in [-0.05, 0) is 61.7 Å². The van der Waals surface area contributed by atoms with Crippen LogP contribution in [-0.2, 0) is 14.3 Å². The summed E-state index contributed by atoms with van der Waals surface area (Å²) in [6.07, 6.45) is -3.46. The number of fused-ring (bicyclic) bond motifs is 3. The van der Waals surface area contributed by atoms with Gasteiger partial charge in [0.1, 0.15) is 11.9 Å². The van der Waals surface area contributed by atoms with Crippen molar-refractivity contribution >= 4 is 23.1 Å². The van der Waals surface area contributed by atoms with E-state index in [2.05, 4.69) is 5.32 Å². The second-order valence-corrected chi connectivity index (χ2v) is 14.4. The molecule has 11 heteroatoms. The standard InChI is InChI=1S/C31H47NO8S.Ac/c1-15-12-21(34)29(7)25(30(15,38)14-33)18(4)31(39)13-19(16(2)22(28(31,5)6)17(3)26(29)36)40-27(37)24(35)23(32-8)20-10-9-11-41-20;/h9-11,15,17-19,21,23-25,32-35,38-39H,12-14H2,1-8H3;/t15-,17-,18+,19?,21?,23?,24?,25?,29-,30?,31?;/m1./s1. The molecule has 3 aliphatic carbocycles. The van der Waals surface area contributed by atoms with Gasteiger partial charge in [-0.25, -0.2) is 4.79 Å². The van der Waals surface area contributed by atoms with E-state index in [4.69, 9.17) is 4.74 Å². The summed E-state index contributed by atoms with van der Waals surface area (Å²) in [6, 6.07) is 2.95. The fourth-order valence-corrected chi connectivity index (χ4v) is 9.71. The number of ether oxygens (including phenoxy) is 1. The van der Waals surface area contributed by atoms with E-state index in [-0.39, 0.29) is 62.7 Å².